The monoisotopic (exact) mass is 385 g/mol. The number of aromatic nitrogens is 3. The minimum Gasteiger partial charge on any atom is -0.495 e. The standard InChI is InChI=1S/C16H18F3N5O3/c1-9(2)15(26)21-13-7-24(23-22-13)8-14(25)20-11-6-10(16(17,18)19)4-5-12(11)27-3/h4-7,9H,8H2,1-3H3,(H,20,25)(H,21,26). The summed E-state index contributed by atoms with van der Waals surface area (Å²) in [6, 6.07) is 2.76. The Labute approximate surface area is 152 Å². The van der Waals surface area contributed by atoms with Crippen molar-refractivity contribution in [2.75, 3.05) is 17.7 Å². The molecule has 0 spiro atoms. The first-order valence-electron chi connectivity index (χ1n) is 7.86. The molecule has 0 aliphatic heterocycles. The van der Waals surface area contributed by atoms with Crippen molar-refractivity contribution in [2.45, 2.75) is 26.6 Å². The van der Waals surface area contributed by atoms with Gasteiger partial charge >= 0.3 is 6.18 Å². The third kappa shape index (κ3) is 5.43. The first-order chi connectivity index (χ1) is 12.6. The number of nitrogens with one attached hydrogen (secondary N) is 2. The van der Waals surface area contributed by atoms with E-state index in [1.807, 2.05) is 0 Å². The second-order valence-corrected chi connectivity index (χ2v) is 5.91. The van der Waals surface area contributed by atoms with E-state index in [0.717, 1.165) is 22.9 Å². The number of methoxy groups -OCH3 is 1. The molecule has 146 valence electrons. The van der Waals surface area contributed by atoms with Crippen LogP contribution in [0.15, 0.2) is 24.4 Å². The van der Waals surface area contributed by atoms with Crippen molar-refractivity contribution in [3.63, 3.8) is 0 Å². The zero-order valence-corrected chi connectivity index (χ0v) is 14.8. The third-order valence-corrected chi connectivity index (χ3v) is 3.42. The fourth-order valence-electron chi connectivity index (χ4n) is 2.02. The molecular weight excluding hydrogens is 367 g/mol. The van der Waals surface area contributed by atoms with Crippen LogP contribution in [0, 0.1) is 5.92 Å². The molecule has 2 rings (SSSR count). The highest BCUT2D eigenvalue weighted by Crippen LogP contribution is 2.34. The van der Waals surface area contributed by atoms with Crippen LogP contribution in [0.5, 0.6) is 5.75 Å². The largest absolute Gasteiger partial charge is 0.495 e. The Morgan fingerprint density at radius 1 is 1.26 bits per heavy atom. The lowest BCUT2D eigenvalue weighted by atomic mass is 10.1. The van der Waals surface area contributed by atoms with E-state index in [0.29, 0.717) is 0 Å². The lowest BCUT2D eigenvalue weighted by molar-refractivity contribution is -0.137. The molecule has 11 heteroatoms. The molecule has 8 nitrogen and oxygen atoms in total. The molecule has 2 aromatic rings. The maximum atomic E-state index is 12.8. The topological polar surface area (TPSA) is 98.1 Å². The molecule has 0 unspecified atom stereocenters. The molecule has 0 saturated heterocycles. The number of carbonyl (C=O) groups excluding carboxylic acids is 2. The molecule has 0 aliphatic rings. The lowest BCUT2D eigenvalue weighted by Crippen LogP contribution is -2.20. The minimum absolute atomic E-state index is 0.0832. The number of hydrogen-bond acceptors (Lipinski definition) is 5. The molecule has 2 N–H and O–H groups in total. The van der Waals surface area contributed by atoms with Crippen LogP contribution in [0.4, 0.5) is 24.7 Å². The molecule has 1 aromatic heterocycles. The summed E-state index contributed by atoms with van der Waals surface area (Å²) < 4.78 is 44.6. The average molecular weight is 385 g/mol. The summed E-state index contributed by atoms with van der Waals surface area (Å²) >= 11 is 0. The van der Waals surface area contributed by atoms with Crippen molar-refractivity contribution in [1.29, 1.82) is 0 Å². The second-order valence-electron chi connectivity index (χ2n) is 5.91. The van der Waals surface area contributed by atoms with Gasteiger partial charge < -0.3 is 15.4 Å². The Hall–Kier alpha value is -3.11. The summed E-state index contributed by atoms with van der Waals surface area (Å²) in [6.45, 7) is 3.09. The van der Waals surface area contributed by atoms with E-state index in [2.05, 4.69) is 20.9 Å². The highest BCUT2D eigenvalue weighted by Gasteiger charge is 2.31. The van der Waals surface area contributed by atoms with Gasteiger partial charge in [0.2, 0.25) is 11.8 Å². The number of amides is 2. The number of rotatable bonds is 6. The third-order valence-electron chi connectivity index (χ3n) is 3.42. The van der Waals surface area contributed by atoms with Crippen LogP contribution in [0.3, 0.4) is 0 Å². The predicted molar refractivity (Wildman–Crippen MR) is 90.1 cm³/mol. The Balaban J connectivity index is 2.08. The van der Waals surface area contributed by atoms with Gasteiger partial charge in [-0.3, -0.25) is 9.59 Å². The number of nitrogens with zero attached hydrogens (tertiary/aromatic N) is 3. The van der Waals surface area contributed by atoms with Crippen molar-refractivity contribution in [2.24, 2.45) is 5.92 Å². The number of benzene rings is 1. The van der Waals surface area contributed by atoms with Crippen molar-refractivity contribution in [3.05, 3.63) is 30.0 Å². The number of carbonyl (C=O) groups is 2. The molecule has 1 aromatic carbocycles. The number of halogens is 3. The van der Waals surface area contributed by atoms with Crippen LogP contribution in [-0.4, -0.2) is 33.9 Å². The van der Waals surface area contributed by atoms with E-state index in [1.165, 1.54) is 13.3 Å². The highest BCUT2D eigenvalue weighted by atomic mass is 19.4. The van der Waals surface area contributed by atoms with E-state index in [1.54, 1.807) is 13.8 Å². The van der Waals surface area contributed by atoms with Crippen LogP contribution < -0.4 is 15.4 Å². The molecule has 0 bridgehead atoms. The van der Waals surface area contributed by atoms with Gasteiger partial charge in [0.05, 0.1) is 24.6 Å². The molecule has 0 atom stereocenters. The van der Waals surface area contributed by atoms with Crippen molar-refractivity contribution in [1.82, 2.24) is 15.0 Å². The molecular formula is C16H18F3N5O3. The maximum absolute atomic E-state index is 12.8. The fourth-order valence-corrected chi connectivity index (χ4v) is 2.02. The van der Waals surface area contributed by atoms with Gasteiger partial charge in [-0.05, 0) is 18.2 Å². The molecule has 2 amide bonds. The molecule has 0 saturated carbocycles. The van der Waals surface area contributed by atoms with E-state index in [9.17, 15) is 22.8 Å². The first kappa shape index (κ1) is 20.2. The van der Waals surface area contributed by atoms with Crippen molar-refractivity contribution >= 4 is 23.3 Å². The Kier molecular flexibility index (Phi) is 6.03. The molecule has 0 aliphatic carbocycles. The number of ether oxygens (including phenoxy) is 1. The van der Waals surface area contributed by atoms with Gasteiger partial charge in [-0.2, -0.15) is 13.2 Å². The smallest absolute Gasteiger partial charge is 0.416 e. The average Bonchev–Trinajstić information content (AvgIpc) is 3.00. The van der Waals surface area contributed by atoms with Gasteiger partial charge in [-0.25, -0.2) is 4.68 Å². The highest BCUT2D eigenvalue weighted by molar-refractivity contribution is 5.92. The zero-order chi connectivity index (χ0) is 20.2. The SMILES string of the molecule is COc1ccc(C(F)(F)F)cc1NC(=O)Cn1cc(NC(=O)C(C)C)nn1. The van der Waals surface area contributed by atoms with Crippen LogP contribution in [0.25, 0.3) is 0 Å². The molecule has 1 heterocycles. The van der Waals surface area contributed by atoms with Crippen molar-refractivity contribution in [3.8, 4) is 5.75 Å². The van der Waals surface area contributed by atoms with Gasteiger partial charge in [0.1, 0.15) is 12.3 Å². The number of hydrogen-bond donors (Lipinski definition) is 2. The Bertz CT molecular complexity index is 833. The predicted octanol–water partition coefficient (Wildman–Crippen LogP) is 2.54. The zero-order valence-electron chi connectivity index (χ0n) is 14.8. The molecule has 0 radical (unpaired) electrons. The fraction of sp³-hybridized carbons (Fsp3) is 0.375. The first-order valence-corrected chi connectivity index (χ1v) is 7.86. The Morgan fingerprint density at radius 3 is 2.56 bits per heavy atom. The molecule has 27 heavy (non-hydrogen) atoms. The van der Waals surface area contributed by atoms with Gasteiger partial charge in [0.15, 0.2) is 5.82 Å². The minimum atomic E-state index is -4.55. The van der Waals surface area contributed by atoms with Gasteiger partial charge in [0.25, 0.3) is 0 Å². The normalized spacial score (nSPS) is 11.4. The van der Waals surface area contributed by atoms with E-state index >= 15 is 0 Å². The van der Waals surface area contributed by atoms with Crippen LogP contribution in [0.1, 0.15) is 19.4 Å². The lowest BCUT2D eigenvalue weighted by Gasteiger charge is -2.13. The number of alkyl halides is 3. The summed E-state index contributed by atoms with van der Waals surface area (Å²) in [4.78, 5) is 23.7. The molecule has 0 fully saturated rings. The van der Waals surface area contributed by atoms with E-state index < -0.39 is 17.6 Å². The van der Waals surface area contributed by atoms with Gasteiger partial charge in [-0.15, -0.1) is 5.10 Å². The second kappa shape index (κ2) is 8.06. The maximum Gasteiger partial charge on any atom is 0.416 e. The van der Waals surface area contributed by atoms with Gasteiger partial charge in [-0.1, -0.05) is 19.1 Å². The summed E-state index contributed by atoms with van der Waals surface area (Å²) in [5.41, 5.74) is -1.04. The summed E-state index contributed by atoms with van der Waals surface area (Å²) in [6.07, 6.45) is -3.22. The number of anilines is 2. The van der Waals surface area contributed by atoms with Crippen LogP contribution in [-0.2, 0) is 22.3 Å². The van der Waals surface area contributed by atoms with Gasteiger partial charge in [0, 0.05) is 5.92 Å². The summed E-state index contributed by atoms with van der Waals surface area (Å²) in [5.74, 6) is -0.913. The Morgan fingerprint density at radius 2 is 1.96 bits per heavy atom. The van der Waals surface area contributed by atoms with Crippen LogP contribution >= 0.6 is 0 Å². The quantitative estimate of drug-likeness (QED) is 0.796. The summed E-state index contributed by atoms with van der Waals surface area (Å²) in [7, 11) is 1.28. The van der Waals surface area contributed by atoms with E-state index in [4.69, 9.17) is 4.74 Å². The van der Waals surface area contributed by atoms with Crippen LogP contribution in [0.2, 0.25) is 0 Å². The summed E-state index contributed by atoms with van der Waals surface area (Å²) in [5, 5.41) is 12.3. The van der Waals surface area contributed by atoms with E-state index in [-0.39, 0.29) is 35.6 Å². The van der Waals surface area contributed by atoms with Crippen molar-refractivity contribution < 1.29 is 27.5 Å².